The molecule has 0 spiro atoms. The number of likely N-dealkylation sites (N-methyl/N-ethyl adjacent to an activating group) is 1. The average Bonchev–Trinajstić information content (AvgIpc) is 2.29. The van der Waals surface area contributed by atoms with E-state index in [1.165, 1.54) is 12.3 Å². The zero-order valence-electron chi connectivity index (χ0n) is 10.2. The fraction of sp³-hybridized carbons (Fsp3) is 0.500. The van der Waals surface area contributed by atoms with Gasteiger partial charge in [0.2, 0.25) is 0 Å². The summed E-state index contributed by atoms with van der Waals surface area (Å²) in [4.78, 5) is 30.7. The molecule has 1 aliphatic rings. The van der Waals surface area contributed by atoms with Gasteiger partial charge in [0.25, 0.3) is 5.91 Å². The van der Waals surface area contributed by atoms with Crippen LogP contribution < -0.4 is 5.43 Å². The zero-order valence-corrected chi connectivity index (χ0v) is 10.2. The van der Waals surface area contributed by atoms with Crippen molar-refractivity contribution < 1.29 is 4.79 Å². The first-order valence-corrected chi connectivity index (χ1v) is 5.75. The lowest BCUT2D eigenvalue weighted by Gasteiger charge is -2.32. The van der Waals surface area contributed by atoms with Crippen LogP contribution in [0, 0.1) is 6.92 Å². The molecule has 0 unspecified atom stereocenters. The van der Waals surface area contributed by atoms with Crippen LogP contribution in [0.1, 0.15) is 16.1 Å². The first kappa shape index (κ1) is 11.9. The molecule has 2 heterocycles. The number of aryl methyl sites for hydroxylation is 1. The van der Waals surface area contributed by atoms with Crippen molar-refractivity contribution in [2.24, 2.45) is 0 Å². The van der Waals surface area contributed by atoms with E-state index in [0.717, 1.165) is 18.8 Å². The molecular formula is C12H17N3O2. The minimum atomic E-state index is -0.204. The average molecular weight is 235 g/mol. The number of carbonyl (C=O) groups is 1. The fourth-order valence-corrected chi connectivity index (χ4v) is 1.92. The van der Waals surface area contributed by atoms with Crippen molar-refractivity contribution in [3.05, 3.63) is 33.7 Å². The van der Waals surface area contributed by atoms with Crippen molar-refractivity contribution in [3.63, 3.8) is 0 Å². The third-order valence-corrected chi connectivity index (χ3v) is 3.08. The number of nitrogens with one attached hydrogen (secondary N) is 1. The Balaban J connectivity index is 2.17. The summed E-state index contributed by atoms with van der Waals surface area (Å²) < 4.78 is 0. The summed E-state index contributed by atoms with van der Waals surface area (Å²) in [6.45, 7) is 4.88. The summed E-state index contributed by atoms with van der Waals surface area (Å²) >= 11 is 0. The van der Waals surface area contributed by atoms with Crippen LogP contribution >= 0.6 is 0 Å². The number of rotatable bonds is 1. The monoisotopic (exact) mass is 235 g/mol. The molecule has 17 heavy (non-hydrogen) atoms. The summed E-state index contributed by atoms with van der Waals surface area (Å²) in [7, 11) is 2.03. The van der Waals surface area contributed by atoms with E-state index in [2.05, 4.69) is 9.88 Å². The number of H-pyrrole nitrogens is 1. The molecule has 0 saturated carbocycles. The molecule has 92 valence electrons. The third kappa shape index (κ3) is 2.55. The van der Waals surface area contributed by atoms with Gasteiger partial charge in [-0.25, -0.2) is 0 Å². The second kappa shape index (κ2) is 4.71. The third-order valence-electron chi connectivity index (χ3n) is 3.08. The molecule has 0 radical (unpaired) electrons. The van der Waals surface area contributed by atoms with E-state index < -0.39 is 0 Å². The van der Waals surface area contributed by atoms with Crippen LogP contribution in [-0.4, -0.2) is 53.9 Å². The van der Waals surface area contributed by atoms with Crippen LogP contribution in [-0.2, 0) is 0 Å². The Morgan fingerprint density at radius 3 is 2.53 bits per heavy atom. The maximum atomic E-state index is 12.1. The van der Waals surface area contributed by atoms with E-state index >= 15 is 0 Å². The predicted molar refractivity (Wildman–Crippen MR) is 65.2 cm³/mol. The Kier molecular flexibility index (Phi) is 3.28. The first-order valence-electron chi connectivity index (χ1n) is 5.75. The number of carbonyl (C=O) groups excluding carboxylic acids is 1. The van der Waals surface area contributed by atoms with Gasteiger partial charge in [-0.3, -0.25) is 9.59 Å². The maximum Gasteiger partial charge on any atom is 0.259 e. The molecule has 0 atom stereocenters. The van der Waals surface area contributed by atoms with Crippen molar-refractivity contribution in [1.29, 1.82) is 0 Å². The van der Waals surface area contributed by atoms with E-state index in [-0.39, 0.29) is 16.9 Å². The van der Waals surface area contributed by atoms with Gasteiger partial charge in [-0.1, -0.05) is 0 Å². The maximum absolute atomic E-state index is 12.1. The largest absolute Gasteiger partial charge is 0.364 e. The first-order chi connectivity index (χ1) is 8.08. The number of piperazine rings is 1. The number of aromatic nitrogens is 1. The molecule has 5 heteroatoms. The van der Waals surface area contributed by atoms with Crippen LogP contribution in [0.25, 0.3) is 0 Å². The Morgan fingerprint density at radius 1 is 1.29 bits per heavy atom. The molecule has 0 aliphatic carbocycles. The highest BCUT2D eigenvalue weighted by Gasteiger charge is 2.22. The lowest BCUT2D eigenvalue weighted by molar-refractivity contribution is 0.0662. The Labute approximate surface area is 100 Å². The number of aromatic amines is 1. The van der Waals surface area contributed by atoms with Crippen molar-refractivity contribution in [2.45, 2.75) is 6.92 Å². The number of hydrogen-bond acceptors (Lipinski definition) is 3. The fourth-order valence-electron chi connectivity index (χ4n) is 1.92. The highest BCUT2D eigenvalue weighted by molar-refractivity contribution is 5.93. The van der Waals surface area contributed by atoms with Crippen molar-refractivity contribution >= 4 is 5.91 Å². The lowest BCUT2D eigenvalue weighted by Crippen LogP contribution is -2.48. The van der Waals surface area contributed by atoms with Crippen molar-refractivity contribution in [1.82, 2.24) is 14.8 Å². The van der Waals surface area contributed by atoms with Crippen LogP contribution in [0.2, 0.25) is 0 Å². The summed E-state index contributed by atoms with van der Waals surface area (Å²) in [5.41, 5.74) is 0.801. The minimum absolute atomic E-state index is 0.167. The van der Waals surface area contributed by atoms with Crippen LogP contribution in [0.4, 0.5) is 0 Å². The molecule has 1 fully saturated rings. The molecule has 1 N–H and O–H groups in total. The summed E-state index contributed by atoms with van der Waals surface area (Å²) in [6.07, 6.45) is 1.51. The normalized spacial score (nSPS) is 17.2. The van der Waals surface area contributed by atoms with Gasteiger partial charge in [-0.05, 0) is 14.0 Å². The van der Waals surface area contributed by atoms with Gasteiger partial charge in [0, 0.05) is 44.1 Å². The second-order valence-electron chi connectivity index (χ2n) is 4.49. The standard InChI is InChI=1S/C12H17N3O2/c1-9-7-11(16)10(8-13-9)12(17)15-5-3-14(2)4-6-15/h7-8H,3-6H2,1-2H3,(H,13,16). The van der Waals surface area contributed by atoms with E-state index in [4.69, 9.17) is 0 Å². The second-order valence-corrected chi connectivity index (χ2v) is 4.49. The highest BCUT2D eigenvalue weighted by atomic mass is 16.2. The molecule has 1 aromatic rings. The number of pyridine rings is 1. The molecule has 5 nitrogen and oxygen atoms in total. The summed E-state index contributed by atoms with van der Waals surface area (Å²) in [5.74, 6) is -0.167. The minimum Gasteiger partial charge on any atom is -0.364 e. The van der Waals surface area contributed by atoms with Crippen LogP contribution in [0.3, 0.4) is 0 Å². The number of nitrogens with zero attached hydrogens (tertiary/aromatic N) is 2. The van der Waals surface area contributed by atoms with Crippen LogP contribution in [0.15, 0.2) is 17.1 Å². The van der Waals surface area contributed by atoms with Gasteiger partial charge in [-0.2, -0.15) is 0 Å². The molecule has 0 bridgehead atoms. The van der Waals surface area contributed by atoms with Gasteiger partial charge in [0.05, 0.1) is 0 Å². The SMILES string of the molecule is Cc1cc(=O)c(C(=O)N2CCN(C)CC2)c[nH]1. The predicted octanol–water partition coefficient (Wildman–Crippen LogP) is 0.0709. The molecule has 2 rings (SSSR count). The Hall–Kier alpha value is -1.62. The van der Waals surface area contributed by atoms with E-state index in [1.54, 1.807) is 11.8 Å². The topological polar surface area (TPSA) is 56.4 Å². The smallest absolute Gasteiger partial charge is 0.259 e. The Bertz CT molecular complexity index is 473. The van der Waals surface area contributed by atoms with Crippen molar-refractivity contribution in [2.75, 3.05) is 33.2 Å². The van der Waals surface area contributed by atoms with Crippen molar-refractivity contribution in [3.8, 4) is 0 Å². The molecule has 1 aromatic heterocycles. The molecule has 0 aromatic carbocycles. The highest BCUT2D eigenvalue weighted by Crippen LogP contribution is 2.04. The van der Waals surface area contributed by atoms with E-state index in [1.807, 2.05) is 7.05 Å². The Morgan fingerprint density at radius 2 is 1.94 bits per heavy atom. The van der Waals surface area contributed by atoms with E-state index in [9.17, 15) is 9.59 Å². The molecular weight excluding hydrogens is 218 g/mol. The van der Waals surface area contributed by atoms with Gasteiger partial charge < -0.3 is 14.8 Å². The van der Waals surface area contributed by atoms with Gasteiger partial charge in [0.1, 0.15) is 5.56 Å². The molecule has 1 saturated heterocycles. The molecule has 1 amide bonds. The lowest BCUT2D eigenvalue weighted by atomic mass is 10.2. The van der Waals surface area contributed by atoms with E-state index in [0.29, 0.717) is 13.1 Å². The number of amides is 1. The quantitative estimate of drug-likeness (QED) is 0.749. The van der Waals surface area contributed by atoms with Gasteiger partial charge in [0.15, 0.2) is 5.43 Å². The summed E-state index contributed by atoms with van der Waals surface area (Å²) in [6, 6.07) is 1.46. The zero-order chi connectivity index (χ0) is 12.4. The number of hydrogen-bond donors (Lipinski definition) is 1. The van der Waals surface area contributed by atoms with Gasteiger partial charge >= 0.3 is 0 Å². The van der Waals surface area contributed by atoms with Crippen LogP contribution in [0.5, 0.6) is 0 Å². The molecule has 1 aliphatic heterocycles. The van der Waals surface area contributed by atoms with Gasteiger partial charge in [-0.15, -0.1) is 0 Å². The summed E-state index contributed by atoms with van der Waals surface area (Å²) in [5, 5.41) is 0.